The number of rotatable bonds is 5. The highest BCUT2D eigenvalue weighted by molar-refractivity contribution is 5.89. The molecule has 1 aromatic rings. The van der Waals surface area contributed by atoms with Crippen molar-refractivity contribution in [3.63, 3.8) is 0 Å². The zero-order valence-corrected chi connectivity index (χ0v) is 17.6. The molecule has 1 amide bonds. The second-order valence-electron chi connectivity index (χ2n) is 8.51. The maximum absolute atomic E-state index is 13.0. The minimum atomic E-state index is -0.352. The van der Waals surface area contributed by atoms with Crippen molar-refractivity contribution in [2.75, 3.05) is 37.7 Å². The smallest absolute Gasteiger partial charge is 0.339 e. The fraction of sp³-hybridized carbons (Fsp3) is 0.591. The average molecular weight is 386 g/mol. The molecule has 28 heavy (non-hydrogen) atoms. The van der Waals surface area contributed by atoms with Gasteiger partial charge in [-0.3, -0.25) is 4.79 Å². The lowest BCUT2D eigenvalue weighted by atomic mass is 10.1. The third-order valence-corrected chi connectivity index (χ3v) is 5.86. The summed E-state index contributed by atoms with van der Waals surface area (Å²) in [4.78, 5) is 33.3. The van der Waals surface area contributed by atoms with Gasteiger partial charge < -0.3 is 14.5 Å². The Hall–Kier alpha value is -2.37. The quantitative estimate of drug-likeness (QED) is 0.576. The Balaban J connectivity index is 1.57. The number of aromatic nitrogens is 1. The number of hydrogen-bond acceptors (Lipinski definition) is 5. The van der Waals surface area contributed by atoms with Gasteiger partial charge in [-0.2, -0.15) is 0 Å². The molecule has 6 heteroatoms. The van der Waals surface area contributed by atoms with E-state index in [0.29, 0.717) is 31.2 Å². The standard InChI is InChI=1S/C22H31N3O3/c1-6-28-21(27)16-7-8-18(23-14-16)24-9-11-25(12-10-24)20(26)19-17(13-15(2)3)22(19,4)5/h7-8,13-14,17,19H,6,9-12H2,1-5H3. The summed E-state index contributed by atoms with van der Waals surface area (Å²) in [7, 11) is 0. The molecular weight excluding hydrogens is 354 g/mol. The van der Waals surface area contributed by atoms with Gasteiger partial charge >= 0.3 is 5.97 Å². The summed E-state index contributed by atoms with van der Waals surface area (Å²) in [5, 5.41) is 0. The lowest BCUT2D eigenvalue weighted by Crippen LogP contribution is -2.49. The first-order valence-electron chi connectivity index (χ1n) is 10.1. The molecule has 3 rings (SSSR count). The predicted octanol–water partition coefficient (Wildman–Crippen LogP) is 3.15. The molecule has 2 fully saturated rings. The largest absolute Gasteiger partial charge is 0.462 e. The molecule has 0 radical (unpaired) electrons. The number of carbonyl (C=O) groups is 2. The molecule has 1 aromatic heterocycles. The lowest BCUT2D eigenvalue weighted by Gasteiger charge is -2.35. The number of hydrogen-bond donors (Lipinski definition) is 0. The first kappa shape index (κ1) is 20.4. The minimum absolute atomic E-state index is 0.0516. The third kappa shape index (κ3) is 4.05. The number of amides is 1. The van der Waals surface area contributed by atoms with Gasteiger partial charge in [-0.15, -0.1) is 0 Å². The van der Waals surface area contributed by atoms with E-state index in [1.165, 1.54) is 5.57 Å². The Morgan fingerprint density at radius 2 is 1.89 bits per heavy atom. The number of pyridine rings is 1. The molecule has 2 heterocycles. The Kier molecular flexibility index (Phi) is 5.77. The minimum Gasteiger partial charge on any atom is -0.462 e. The van der Waals surface area contributed by atoms with Gasteiger partial charge in [0.1, 0.15) is 5.82 Å². The monoisotopic (exact) mass is 385 g/mol. The van der Waals surface area contributed by atoms with E-state index in [0.717, 1.165) is 18.9 Å². The summed E-state index contributed by atoms with van der Waals surface area (Å²) in [5.74, 6) is 1.19. The Morgan fingerprint density at radius 3 is 2.43 bits per heavy atom. The van der Waals surface area contributed by atoms with Crippen LogP contribution in [0.1, 0.15) is 45.0 Å². The molecule has 0 aromatic carbocycles. The maximum Gasteiger partial charge on any atom is 0.339 e. The molecule has 2 atom stereocenters. The number of carbonyl (C=O) groups excluding carboxylic acids is 2. The SMILES string of the molecule is CCOC(=O)c1ccc(N2CCN(C(=O)C3C(C=C(C)C)C3(C)C)CC2)nc1. The van der Waals surface area contributed by atoms with E-state index in [2.05, 4.69) is 43.7 Å². The van der Waals surface area contributed by atoms with Crippen molar-refractivity contribution in [3.8, 4) is 0 Å². The van der Waals surface area contributed by atoms with Crippen molar-refractivity contribution in [2.24, 2.45) is 17.3 Å². The van der Waals surface area contributed by atoms with Crippen LogP contribution in [0.5, 0.6) is 0 Å². The summed E-state index contributed by atoms with van der Waals surface area (Å²) in [6.07, 6.45) is 3.80. The molecule has 0 spiro atoms. The first-order valence-corrected chi connectivity index (χ1v) is 10.1. The molecule has 1 saturated heterocycles. The third-order valence-electron chi connectivity index (χ3n) is 5.86. The van der Waals surface area contributed by atoms with Crippen LogP contribution in [-0.4, -0.2) is 54.5 Å². The van der Waals surface area contributed by atoms with E-state index < -0.39 is 0 Å². The van der Waals surface area contributed by atoms with Crippen LogP contribution in [0.25, 0.3) is 0 Å². The normalized spacial score (nSPS) is 23.2. The van der Waals surface area contributed by atoms with Gasteiger partial charge in [0.25, 0.3) is 0 Å². The molecule has 2 aliphatic rings. The van der Waals surface area contributed by atoms with Crippen molar-refractivity contribution in [1.29, 1.82) is 0 Å². The van der Waals surface area contributed by atoms with E-state index in [1.807, 2.05) is 11.0 Å². The summed E-state index contributed by atoms with van der Waals surface area (Å²) in [6, 6.07) is 3.59. The highest BCUT2D eigenvalue weighted by atomic mass is 16.5. The van der Waals surface area contributed by atoms with Crippen LogP contribution in [0, 0.1) is 17.3 Å². The van der Waals surface area contributed by atoms with Crippen LogP contribution in [0.2, 0.25) is 0 Å². The molecule has 1 aliphatic carbocycles. The first-order chi connectivity index (χ1) is 13.3. The van der Waals surface area contributed by atoms with Crippen LogP contribution in [0.3, 0.4) is 0 Å². The van der Waals surface area contributed by atoms with E-state index in [-0.39, 0.29) is 23.2 Å². The highest BCUT2D eigenvalue weighted by Gasteiger charge is 2.61. The fourth-order valence-corrected chi connectivity index (χ4v) is 4.08. The van der Waals surface area contributed by atoms with E-state index in [9.17, 15) is 9.59 Å². The molecule has 1 saturated carbocycles. The number of anilines is 1. The molecule has 1 aliphatic heterocycles. The second kappa shape index (κ2) is 7.94. The van der Waals surface area contributed by atoms with Gasteiger partial charge in [0.05, 0.1) is 18.1 Å². The summed E-state index contributed by atoms with van der Waals surface area (Å²) < 4.78 is 4.99. The second-order valence-corrected chi connectivity index (χ2v) is 8.51. The molecule has 0 N–H and O–H groups in total. The van der Waals surface area contributed by atoms with Gasteiger partial charge in [-0.25, -0.2) is 9.78 Å². The number of allylic oxidation sites excluding steroid dienone is 2. The number of piperazine rings is 1. The number of ether oxygens (including phenoxy) is 1. The van der Waals surface area contributed by atoms with Crippen LogP contribution in [0.15, 0.2) is 30.0 Å². The molecule has 0 bridgehead atoms. The van der Waals surface area contributed by atoms with Gasteiger partial charge in [-0.05, 0) is 44.2 Å². The van der Waals surface area contributed by atoms with E-state index in [4.69, 9.17) is 4.74 Å². The topological polar surface area (TPSA) is 62.7 Å². The Morgan fingerprint density at radius 1 is 1.21 bits per heavy atom. The number of nitrogens with zero attached hydrogens (tertiary/aromatic N) is 3. The van der Waals surface area contributed by atoms with Gasteiger partial charge in [0, 0.05) is 32.4 Å². The molecule has 152 valence electrons. The van der Waals surface area contributed by atoms with Gasteiger partial charge in [0.2, 0.25) is 5.91 Å². The molecule has 2 unspecified atom stereocenters. The van der Waals surface area contributed by atoms with Crippen LogP contribution in [0.4, 0.5) is 5.82 Å². The van der Waals surface area contributed by atoms with Crippen molar-refractivity contribution < 1.29 is 14.3 Å². The van der Waals surface area contributed by atoms with Crippen LogP contribution < -0.4 is 4.90 Å². The zero-order valence-electron chi connectivity index (χ0n) is 17.6. The van der Waals surface area contributed by atoms with Crippen LogP contribution >= 0.6 is 0 Å². The molecule has 6 nitrogen and oxygen atoms in total. The summed E-state index contributed by atoms with van der Waals surface area (Å²) >= 11 is 0. The van der Waals surface area contributed by atoms with Crippen molar-refractivity contribution >= 4 is 17.7 Å². The molecular formula is C22H31N3O3. The van der Waals surface area contributed by atoms with Crippen LogP contribution in [-0.2, 0) is 9.53 Å². The van der Waals surface area contributed by atoms with Crippen molar-refractivity contribution in [2.45, 2.75) is 34.6 Å². The summed E-state index contributed by atoms with van der Waals surface area (Å²) in [5.41, 5.74) is 1.78. The van der Waals surface area contributed by atoms with Crippen molar-refractivity contribution in [1.82, 2.24) is 9.88 Å². The highest BCUT2D eigenvalue weighted by Crippen LogP contribution is 2.60. The van der Waals surface area contributed by atoms with Crippen molar-refractivity contribution in [3.05, 3.63) is 35.5 Å². The Bertz CT molecular complexity index is 758. The zero-order chi connectivity index (χ0) is 20.5. The maximum atomic E-state index is 13.0. The average Bonchev–Trinajstić information content (AvgIpc) is 3.20. The number of esters is 1. The Labute approximate surface area is 167 Å². The van der Waals surface area contributed by atoms with Gasteiger partial charge in [-0.1, -0.05) is 25.5 Å². The fourth-order valence-electron chi connectivity index (χ4n) is 4.08. The van der Waals surface area contributed by atoms with Gasteiger partial charge in [0.15, 0.2) is 0 Å². The lowest BCUT2D eigenvalue weighted by molar-refractivity contribution is -0.133. The summed E-state index contributed by atoms with van der Waals surface area (Å²) in [6.45, 7) is 13.6. The van der Waals surface area contributed by atoms with E-state index in [1.54, 1.807) is 19.2 Å². The predicted molar refractivity (Wildman–Crippen MR) is 109 cm³/mol. The van der Waals surface area contributed by atoms with E-state index >= 15 is 0 Å².